The van der Waals surface area contributed by atoms with Crippen LogP contribution in [0, 0.1) is 11.6 Å². The monoisotopic (exact) mass is 311 g/mol. The molecule has 0 aliphatic carbocycles. The molecule has 0 radical (unpaired) electrons. The summed E-state index contributed by atoms with van der Waals surface area (Å²) < 4.78 is 39.0. The van der Waals surface area contributed by atoms with E-state index in [4.69, 9.17) is 20.1 Å². The molecule has 0 atom stereocenters. The van der Waals surface area contributed by atoms with Crippen molar-refractivity contribution in [3.8, 4) is 5.75 Å². The van der Waals surface area contributed by atoms with Crippen LogP contribution in [0.1, 0.15) is 33.3 Å². The highest BCUT2D eigenvalue weighted by atomic mass is 19.2. The summed E-state index contributed by atoms with van der Waals surface area (Å²) >= 11 is 0. The van der Waals surface area contributed by atoms with Gasteiger partial charge in [0.05, 0.1) is 11.2 Å². The lowest BCUT2D eigenvalue weighted by Crippen LogP contribution is -2.41. The molecular weight excluding hydrogens is 291 g/mol. The van der Waals surface area contributed by atoms with Gasteiger partial charge in [-0.15, -0.1) is 0 Å². The Kier molecular flexibility index (Phi) is 4.34. The lowest BCUT2D eigenvalue weighted by atomic mass is 9.77. The van der Waals surface area contributed by atoms with Gasteiger partial charge in [0.2, 0.25) is 5.82 Å². The lowest BCUT2D eigenvalue weighted by molar-refractivity contribution is 0.00578. The predicted molar refractivity (Wildman–Crippen MR) is 81.1 cm³/mol. The van der Waals surface area contributed by atoms with Gasteiger partial charge in [-0.3, -0.25) is 0 Å². The van der Waals surface area contributed by atoms with Crippen LogP contribution in [0.15, 0.2) is 17.6 Å². The molecule has 4 nitrogen and oxygen atoms in total. The summed E-state index contributed by atoms with van der Waals surface area (Å²) in [6.07, 6.45) is 1.39. The van der Waals surface area contributed by atoms with Crippen LogP contribution in [0.2, 0.25) is 0 Å². The van der Waals surface area contributed by atoms with Gasteiger partial charge in [-0.1, -0.05) is 6.08 Å². The van der Waals surface area contributed by atoms with Gasteiger partial charge in [0, 0.05) is 12.1 Å². The Morgan fingerprint density at radius 2 is 1.73 bits per heavy atom. The summed E-state index contributed by atoms with van der Waals surface area (Å²) in [5.41, 5.74) is 5.07. The summed E-state index contributed by atoms with van der Waals surface area (Å²) in [5, 5.41) is 9.15. The van der Waals surface area contributed by atoms with Crippen molar-refractivity contribution in [3.05, 3.63) is 34.8 Å². The number of hydrogen-bond acceptors (Lipinski definition) is 4. The summed E-state index contributed by atoms with van der Waals surface area (Å²) in [5.74, 6) is -3.17. The average molecular weight is 311 g/mol. The van der Waals surface area contributed by atoms with E-state index in [-0.39, 0.29) is 12.1 Å². The number of halogens is 2. The van der Waals surface area contributed by atoms with E-state index >= 15 is 0 Å². The van der Waals surface area contributed by atoms with E-state index in [1.807, 2.05) is 27.7 Å². The number of aromatic hydroxyl groups is 1. The van der Waals surface area contributed by atoms with E-state index in [9.17, 15) is 8.78 Å². The minimum atomic E-state index is -1.29. The number of phenols is 1. The molecule has 1 aromatic carbocycles. The van der Waals surface area contributed by atoms with Gasteiger partial charge in [0.15, 0.2) is 11.6 Å². The molecule has 0 aromatic heterocycles. The minimum absolute atomic E-state index is 0.0227. The molecule has 3 N–H and O–H groups in total. The Bertz CT molecular complexity index is 601. The third-order valence-electron chi connectivity index (χ3n) is 4.22. The van der Waals surface area contributed by atoms with Crippen molar-refractivity contribution in [1.29, 1.82) is 0 Å². The Morgan fingerprint density at radius 1 is 1.18 bits per heavy atom. The summed E-state index contributed by atoms with van der Waals surface area (Å²) in [7, 11) is -0.730. The highest BCUT2D eigenvalue weighted by Crippen LogP contribution is 2.38. The van der Waals surface area contributed by atoms with E-state index in [0.29, 0.717) is 5.47 Å². The quantitative estimate of drug-likeness (QED) is 0.842. The van der Waals surface area contributed by atoms with Crippen molar-refractivity contribution in [2.75, 3.05) is 6.54 Å². The molecule has 0 saturated carbocycles. The SMILES string of the molecule is CC1(C)OB(C(=Cc2ccc(O)c(F)c2F)CN)OC1(C)C. The Hall–Kier alpha value is -1.44. The molecular formula is C15H20BF2NO3. The van der Waals surface area contributed by atoms with Crippen LogP contribution in [0.3, 0.4) is 0 Å². The van der Waals surface area contributed by atoms with Crippen molar-refractivity contribution >= 4 is 13.2 Å². The van der Waals surface area contributed by atoms with E-state index < -0.39 is 35.7 Å². The van der Waals surface area contributed by atoms with Crippen LogP contribution < -0.4 is 5.73 Å². The van der Waals surface area contributed by atoms with Gasteiger partial charge in [-0.05, 0) is 45.3 Å². The van der Waals surface area contributed by atoms with E-state index in [1.54, 1.807) is 0 Å². The van der Waals surface area contributed by atoms with Crippen molar-refractivity contribution < 1.29 is 23.2 Å². The first kappa shape index (κ1) is 16.9. The van der Waals surface area contributed by atoms with E-state index in [0.717, 1.165) is 6.07 Å². The number of hydrogen-bond donors (Lipinski definition) is 2. The van der Waals surface area contributed by atoms with E-state index in [2.05, 4.69) is 0 Å². The predicted octanol–water partition coefficient (Wildman–Crippen LogP) is 2.64. The zero-order chi connectivity index (χ0) is 16.7. The Morgan fingerprint density at radius 3 is 2.23 bits per heavy atom. The van der Waals surface area contributed by atoms with Crippen molar-refractivity contribution in [2.45, 2.75) is 38.9 Å². The fraction of sp³-hybridized carbons (Fsp3) is 0.467. The average Bonchev–Trinajstić information content (AvgIpc) is 2.64. The van der Waals surface area contributed by atoms with Gasteiger partial charge in [0.1, 0.15) is 0 Å². The second kappa shape index (κ2) is 5.64. The molecule has 120 valence electrons. The number of rotatable bonds is 3. The Balaban J connectivity index is 2.36. The zero-order valence-corrected chi connectivity index (χ0v) is 13.1. The van der Waals surface area contributed by atoms with Crippen LogP contribution in [0.25, 0.3) is 6.08 Å². The van der Waals surface area contributed by atoms with Gasteiger partial charge >= 0.3 is 7.12 Å². The minimum Gasteiger partial charge on any atom is -0.505 e. The van der Waals surface area contributed by atoms with Crippen LogP contribution in [0.5, 0.6) is 5.75 Å². The second-order valence-corrected chi connectivity index (χ2v) is 6.31. The first-order chi connectivity index (χ1) is 10.1. The molecule has 0 amide bonds. The molecule has 7 heteroatoms. The molecule has 2 rings (SSSR count). The smallest absolute Gasteiger partial charge is 0.491 e. The molecule has 0 spiro atoms. The summed E-state index contributed by atoms with van der Waals surface area (Å²) in [4.78, 5) is 0. The third-order valence-corrected chi connectivity index (χ3v) is 4.22. The van der Waals surface area contributed by atoms with Crippen LogP contribution in [-0.2, 0) is 9.31 Å². The van der Waals surface area contributed by atoms with Gasteiger partial charge in [-0.25, -0.2) is 4.39 Å². The molecule has 1 aromatic rings. The number of phenolic OH excluding ortho intramolecular Hbond substituents is 1. The molecule has 22 heavy (non-hydrogen) atoms. The van der Waals surface area contributed by atoms with Crippen molar-refractivity contribution in [1.82, 2.24) is 0 Å². The molecule has 1 fully saturated rings. The summed E-state index contributed by atoms with van der Waals surface area (Å²) in [6, 6.07) is 2.36. The van der Waals surface area contributed by atoms with Gasteiger partial charge in [-0.2, -0.15) is 4.39 Å². The van der Waals surface area contributed by atoms with Gasteiger partial charge < -0.3 is 20.1 Å². The fourth-order valence-corrected chi connectivity index (χ4v) is 2.08. The molecule has 1 heterocycles. The zero-order valence-electron chi connectivity index (χ0n) is 13.1. The van der Waals surface area contributed by atoms with Gasteiger partial charge in [0.25, 0.3) is 0 Å². The highest BCUT2D eigenvalue weighted by Gasteiger charge is 2.52. The van der Waals surface area contributed by atoms with Crippen LogP contribution in [-0.4, -0.2) is 30.0 Å². The van der Waals surface area contributed by atoms with Crippen molar-refractivity contribution in [3.63, 3.8) is 0 Å². The lowest BCUT2D eigenvalue weighted by Gasteiger charge is -2.32. The Labute approximate surface area is 129 Å². The fourth-order valence-electron chi connectivity index (χ4n) is 2.08. The normalized spacial score (nSPS) is 20.5. The maximum atomic E-state index is 13.8. The van der Waals surface area contributed by atoms with Crippen LogP contribution in [0.4, 0.5) is 8.78 Å². The standard InChI is InChI=1S/C15H20BF2NO3/c1-14(2)15(3,4)22-16(21-14)10(8-19)7-9-5-6-11(20)13(18)12(9)17/h5-7,20H,8,19H2,1-4H3. The highest BCUT2D eigenvalue weighted by molar-refractivity contribution is 6.55. The number of nitrogens with two attached hydrogens (primary N) is 1. The molecule has 0 unspecified atom stereocenters. The first-order valence-corrected chi connectivity index (χ1v) is 7.02. The maximum absolute atomic E-state index is 13.8. The first-order valence-electron chi connectivity index (χ1n) is 7.02. The van der Waals surface area contributed by atoms with E-state index in [1.165, 1.54) is 12.1 Å². The molecule has 1 aliphatic heterocycles. The van der Waals surface area contributed by atoms with Crippen molar-refractivity contribution in [2.24, 2.45) is 5.73 Å². The number of benzene rings is 1. The summed E-state index contributed by atoms with van der Waals surface area (Å²) in [6.45, 7) is 7.63. The molecule has 1 saturated heterocycles. The molecule has 1 aliphatic rings. The third kappa shape index (κ3) is 2.88. The topological polar surface area (TPSA) is 64.7 Å². The maximum Gasteiger partial charge on any atom is 0.491 e. The molecule has 0 bridgehead atoms. The largest absolute Gasteiger partial charge is 0.505 e. The second-order valence-electron chi connectivity index (χ2n) is 6.31. The van der Waals surface area contributed by atoms with Crippen LogP contribution >= 0.6 is 0 Å².